The van der Waals surface area contributed by atoms with E-state index in [0.29, 0.717) is 38.2 Å². The van der Waals surface area contributed by atoms with Gasteiger partial charge in [-0.15, -0.1) is 11.3 Å². The first-order valence-corrected chi connectivity index (χ1v) is 10.9. The zero-order valence-corrected chi connectivity index (χ0v) is 19.2. The zero-order chi connectivity index (χ0) is 23.4. The third-order valence-corrected chi connectivity index (χ3v) is 6.05. The molecule has 0 saturated heterocycles. The van der Waals surface area contributed by atoms with Gasteiger partial charge in [0, 0.05) is 18.9 Å². The smallest absolute Gasteiger partial charge is 0.266 e. The summed E-state index contributed by atoms with van der Waals surface area (Å²) < 4.78 is 29.5. The maximum atomic E-state index is 13.3. The number of thiophene rings is 1. The van der Waals surface area contributed by atoms with Crippen molar-refractivity contribution in [1.82, 2.24) is 9.97 Å². The van der Waals surface area contributed by atoms with Crippen molar-refractivity contribution in [3.63, 3.8) is 0 Å². The summed E-state index contributed by atoms with van der Waals surface area (Å²) in [5.41, 5.74) is 2.20. The number of methoxy groups -OCH3 is 2. The first-order chi connectivity index (χ1) is 16.0. The van der Waals surface area contributed by atoms with Gasteiger partial charge >= 0.3 is 0 Å². The van der Waals surface area contributed by atoms with Gasteiger partial charge < -0.3 is 19.5 Å². The summed E-state index contributed by atoms with van der Waals surface area (Å²) in [4.78, 5) is 23.1. The predicted octanol–water partition coefficient (Wildman–Crippen LogP) is 5.13. The number of halogens is 1. The maximum Gasteiger partial charge on any atom is 0.266 e. The van der Waals surface area contributed by atoms with E-state index in [1.807, 2.05) is 25.1 Å². The largest absolute Gasteiger partial charge is 0.489 e. The molecule has 7 nitrogen and oxygen atoms in total. The van der Waals surface area contributed by atoms with Crippen molar-refractivity contribution in [2.75, 3.05) is 19.5 Å². The van der Waals surface area contributed by atoms with E-state index in [1.165, 1.54) is 30.6 Å². The summed E-state index contributed by atoms with van der Waals surface area (Å²) in [6, 6.07) is 13.3. The molecule has 0 aliphatic heterocycles. The molecule has 9 heteroatoms. The Bertz CT molecular complexity index is 1310. The van der Waals surface area contributed by atoms with Crippen LogP contribution in [0.1, 0.15) is 26.6 Å². The number of nitrogens with zero attached hydrogens (tertiary/aromatic N) is 2. The number of anilines is 1. The molecule has 2 aromatic heterocycles. The van der Waals surface area contributed by atoms with E-state index < -0.39 is 0 Å². The average Bonchev–Trinajstić information content (AvgIpc) is 3.14. The molecule has 2 aromatic carbocycles. The van der Waals surface area contributed by atoms with E-state index >= 15 is 0 Å². The Morgan fingerprint density at radius 1 is 1.09 bits per heavy atom. The molecule has 1 N–H and O–H groups in total. The normalized spacial score (nSPS) is 10.9. The van der Waals surface area contributed by atoms with Crippen LogP contribution in [-0.2, 0) is 18.0 Å². The molecule has 0 aliphatic rings. The molecule has 0 saturated carbocycles. The molecular formula is C24H22FN3O4S. The second kappa shape index (κ2) is 9.93. The van der Waals surface area contributed by atoms with Crippen molar-refractivity contribution in [2.24, 2.45) is 0 Å². The van der Waals surface area contributed by atoms with E-state index in [-0.39, 0.29) is 24.9 Å². The van der Waals surface area contributed by atoms with Crippen molar-refractivity contribution in [1.29, 1.82) is 0 Å². The molecule has 0 unspecified atom stereocenters. The van der Waals surface area contributed by atoms with Gasteiger partial charge in [-0.1, -0.05) is 18.2 Å². The van der Waals surface area contributed by atoms with Crippen LogP contribution in [-0.4, -0.2) is 30.1 Å². The number of carbonyl (C=O) groups is 1. The molecule has 0 spiro atoms. The lowest BCUT2D eigenvalue weighted by molar-refractivity contribution is 0.103. The minimum Gasteiger partial charge on any atom is -0.489 e. The second-order valence-electron chi connectivity index (χ2n) is 7.22. The van der Waals surface area contributed by atoms with Gasteiger partial charge in [0.25, 0.3) is 5.91 Å². The number of aromatic nitrogens is 2. The van der Waals surface area contributed by atoms with Crippen molar-refractivity contribution in [3.05, 3.63) is 76.2 Å². The van der Waals surface area contributed by atoms with Gasteiger partial charge in [-0.05, 0) is 42.3 Å². The Hall–Kier alpha value is -3.56. The van der Waals surface area contributed by atoms with E-state index in [4.69, 9.17) is 14.2 Å². The fourth-order valence-electron chi connectivity index (χ4n) is 3.35. The molecule has 2 heterocycles. The number of aryl methyl sites for hydroxylation is 1. The van der Waals surface area contributed by atoms with Gasteiger partial charge in [-0.25, -0.2) is 9.37 Å². The van der Waals surface area contributed by atoms with Crippen LogP contribution in [0.25, 0.3) is 10.2 Å². The van der Waals surface area contributed by atoms with E-state index in [2.05, 4.69) is 15.3 Å². The van der Waals surface area contributed by atoms with Crippen LogP contribution in [0.3, 0.4) is 0 Å². The van der Waals surface area contributed by atoms with Crippen molar-refractivity contribution >= 4 is 33.1 Å². The third-order valence-electron chi connectivity index (χ3n) is 4.86. The number of amides is 1. The number of benzene rings is 2. The molecular weight excluding hydrogens is 445 g/mol. The van der Waals surface area contributed by atoms with Gasteiger partial charge in [0.15, 0.2) is 5.82 Å². The Balaban J connectivity index is 1.53. The number of fused-ring (bicyclic) bond motifs is 1. The van der Waals surface area contributed by atoms with Crippen LogP contribution >= 0.6 is 11.3 Å². The highest BCUT2D eigenvalue weighted by Gasteiger charge is 2.21. The lowest BCUT2D eigenvalue weighted by atomic mass is 10.2. The van der Waals surface area contributed by atoms with E-state index in [1.54, 1.807) is 25.3 Å². The van der Waals surface area contributed by atoms with Crippen LogP contribution in [0, 0.1) is 12.7 Å². The summed E-state index contributed by atoms with van der Waals surface area (Å²) in [7, 11) is 3.10. The standard InChI is InChI=1S/C24H22FN3O4S/c1-14-20-23(31-3)27-19(13-30-2)28-24(20)33-21(14)22(29)26-17-8-4-6-15(10-17)12-32-18-9-5-7-16(25)11-18/h4-11H,12-13H2,1-3H3,(H,26,29). The molecule has 33 heavy (non-hydrogen) atoms. The van der Waals surface area contributed by atoms with E-state index in [9.17, 15) is 9.18 Å². The van der Waals surface area contributed by atoms with Crippen molar-refractivity contribution in [3.8, 4) is 11.6 Å². The first-order valence-electron chi connectivity index (χ1n) is 10.1. The van der Waals surface area contributed by atoms with Crippen molar-refractivity contribution < 1.29 is 23.4 Å². The van der Waals surface area contributed by atoms with Gasteiger partial charge in [0.05, 0.1) is 17.4 Å². The number of hydrogen-bond donors (Lipinski definition) is 1. The van der Waals surface area contributed by atoms with Crippen LogP contribution in [0.5, 0.6) is 11.6 Å². The number of rotatable bonds is 8. The second-order valence-corrected chi connectivity index (χ2v) is 8.22. The fourth-order valence-corrected chi connectivity index (χ4v) is 4.44. The first kappa shape index (κ1) is 22.6. The lowest BCUT2D eigenvalue weighted by Crippen LogP contribution is -2.11. The summed E-state index contributed by atoms with van der Waals surface area (Å²) in [5.74, 6) is 0.725. The lowest BCUT2D eigenvalue weighted by Gasteiger charge is -2.09. The topological polar surface area (TPSA) is 82.6 Å². The third kappa shape index (κ3) is 5.10. The summed E-state index contributed by atoms with van der Waals surface area (Å²) in [6.45, 7) is 2.33. The Labute approximate surface area is 194 Å². The summed E-state index contributed by atoms with van der Waals surface area (Å²) >= 11 is 1.27. The minimum atomic E-state index is -0.358. The number of hydrogen-bond acceptors (Lipinski definition) is 7. The monoisotopic (exact) mass is 467 g/mol. The van der Waals surface area contributed by atoms with Gasteiger partial charge in [-0.2, -0.15) is 4.98 Å². The summed E-state index contributed by atoms with van der Waals surface area (Å²) in [5, 5.41) is 3.64. The zero-order valence-electron chi connectivity index (χ0n) is 18.3. The molecule has 4 aromatic rings. The highest BCUT2D eigenvalue weighted by Crippen LogP contribution is 2.35. The van der Waals surface area contributed by atoms with Gasteiger partial charge in [0.2, 0.25) is 5.88 Å². The SMILES string of the molecule is COCc1nc(OC)c2c(C)c(C(=O)Nc3cccc(COc4cccc(F)c4)c3)sc2n1. The molecule has 0 radical (unpaired) electrons. The van der Waals surface area contributed by atoms with Crippen LogP contribution in [0.15, 0.2) is 48.5 Å². The van der Waals surface area contributed by atoms with Crippen LogP contribution in [0.4, 0.5) is 10.1 Å². The molecule has 0 atom stereocenters. The number of carbonyl (C=O) groups excluding carboxylic acids is 1. The van der Waals surface area contributed by atoms with Crippen LogP contribution in [0.2, 0.25) is 0 Å². The average molecular weight is 468 g/mol. The molecule has 0 bridgehead atoms. The number of ether oxygens (including phenoxy) is 3. The Kier molecular flexibility index (Phi) is 6.81. The van der Waals surface area contributed by atoms with Gasteiger partial charge in [0.1, 0.15) is 29.6 Å². The van der Waals surface area contributed by atoms with Crippen LogP contribution < -0.4 is 14.8 Å². The van der Waals surface area contributed by atoms with Crippen molar-refractivity contribution in [2.45, 2.75) is 20.1 Å². The Morgan fingerprint density at radius 2 is 1.91 bits per heavy atom. The molecule has 0 aliphatic carbocycles. The molecule has 170 valence electrons. The predicted molar refractivity (Wildman–Crippen MR) is 125 cm³/mol. The maximum absolute atomic E-state index is 13.3. The fraction of sp³-hybridized carbons (Fsp3) is 0.208. The highest BCUT2D eigenvalue weighted by molar-refractivity contribution is 7.20. The Morgan fingerprint density at radius 3 is 2.67 bits per heavy atom. The quantitative estimate of drug-likeness (QED) is 0.387. The number of nitrogens with one attached hydrogen (secondary N) is 1. The summed E-state index contributed by atoms with van der Waals surface area (Å²) in [6.07, 6.45) is 0. The minimum absolute atomic E-state index is 0.240. The highest BCUT2D eigenvalue weighted by atomic mass is 32.1. The van der Waals surface area contributed by atoms with E-state index in [0.717, 1.165) is 11.1 Å². The molecule has 1 amide bonds. The van der Waals surface area contributed by atoms with Gasteiger partial charge in [-0.3, -0.25) is 4.79 Å². The molecule has 0 fully saturated rings. The molecule has 4 rings (SSSR count).